The molecule has 0 aromatic carbocycles. The van der Waals surface area contributed by atoms with E-state index in [0.717, 1.165) is 25.7 Å². The molecular weight excluding hydrogens is 290 g/mol. The number of hydrogen-bond donors (Lipinski definition) is 2. The SMILES string of the molecule is O=C(O)c1csc(NC(=O)C23CC4CC(CC(C4)O2)C3)c1. The first kappa shape index (κ1) is 13.3. The third kappa shape index (κ3) is 2.17. The Kier molecular flexibility index (Phi) is 2.87. The summed E-state index contributed by atoms with van der Waals surface area (Å²) in [4.78, 5) is 23.6. The number of rotatable bonds is 3. The number of ether oxygens (including phenoxy) is 1. The summed E-state index contributed by atoms with van der Waals surface area (Å²) in [6, 6.07) is 1.51. The standard InChI is InChI=1S/C15H17NO4S/c17-13(18)10-4-12(21-7-10)16-14(19)15-5-8-1-9(6-15)3-11(2-8)20-15/h4,7-9,11H,1-3,5-6H2,(H,16,19)(H,17,18). The van der Waals surface area contributed by atoms with E-state index in [2.05, 4.69) is 5.32 Å². The molecule has 2 saturated carbocycles. The Morgan fingerprint density at radius 2 is 2.00 bits per heavy atom. The van der Waals surface area contributed by atoms with Crippen molar-refractivity contribution in [2.45, 2.75) is 43.8 Å². The minimum Gasteiger partial charge on any atom is -0.478 e. The molecule has 2 N–H and O–H groups in total. The molecular formula is C15H17NO4S. The number of amides is 1. The Labute approximate surface area is 126 Å². The number of aromatic carboxylic acids is 1. The second-order valence-electron chi connectivity index (χ2n) is 6.54. The normalized spacial score (nSPS) is 36.7. The molecule has 2 unspecified atom stereocenters. The van der Waals surface area contributed by atoms with E-state index in [4.69, 9.17) is 9.84 Å². The van der Waals surface area contributed by atoms with Crippen LogP contribution in [0, 0.1) is 11.8 Å². The summed E-state index contributed by atoms with van der Waals surface area (Å²) in [6.45, 7) is 0. The van der Waals surface area contributed by atoms with Crippen LogP contribution in [0.25, 0.3) is 0 Å². The van der Waals surface area contributed by atoms with Gasteiger partial charge in [-0.2, -0.15) is 0 Å². The number of carboxylic acids is 1. The molecule has 1 aromatic rings. The summed E-state index contributed by atoms with van der Waals surface area (Å²) < 4.78 is 6.08. The molecule has 2 atom stereocenters. The zero-order valence-electron chi connectivity index (χ0n) is 11.5. The summed E-state index contributed by atoms with van der Waals surface area (Å²) >= 11 is 1.24. The van der Waals surface area contributed by atoms with Crippen molar-refractivity contribution in [1.29, 1.82) is 0 Å². The number of nitrogens with one attached hydrogen (secondary N) is 1. The highest BCUT2D eigenvalue weighted by molar-refractivity contribution is 7.14. The molecule has 0 spiro atoms. The molecule has 1 aromatic heterocycles. The van der Waals surface area contributed by atoms with Crippen LogP contribution in [0.15, 0.2) is 11.4 Å². The molecule has 2 saturated heterocycles. The lowest BCUT2D eigenvalue weighted by Gasteiger charge is -2.55. The Morgan fingerprint density at radius 3 is 2.57 bits per heavy atom. The second kappa shape index (κ2) is 4.55. The quantitative estimate of drug-likeness (QED) is 0.900. The van der Waals surface area contributed by atoms with E-state index in [9.17, 15) is 9.59 Å². The third-order valence-electron chi connectivity index (χ3n) is 4.99. The summed E-state index contributed by atoms with van der Waals surface area (Å²) in [6.07, 6.45) is 5.27. The molecule has 0 radical (unpaired) electrons. The van der Waals surface area contributed by atoms with Crippen molar-refractivity contribution in [3.8, 4) is 0 Å². The summed E-state index contributed by atoms with van der Waals surface area (Å²) in [5, 5.41) is 13.9. The van der Waals surface area contributed by atoms with Gasteiger partial charge in [-0.3, -0.25) is 4.79 Å². The van der Waals surface area contributed by atoms with E-state index in [1.165, 1.54) is 23.8 Å². The smallest absolute Gasteiger partial charge is 0.336 e. The predicted octanol–water partition coefficient (Wildman–Crippen LogP) is 2.73. The highest BCUT2D eigenvalue weighted by atomic mass is 32.1. The fourth-order valence-electron chi connectivity index (χ4n) is 4.34. The summed E-state index contributed by atoms with van der Waals surface area (Å²) in [7, 11) is 0. The number of anilines is 1. The highest BCUT2D eigenvalue weighted by Crippen LogP contribution is 2.53. The molecule has 4 bridgehead atoms. The molecule has 6 heteroatoms. The number of carboxylic acid groups (broad SMARTS) is 1. The van der Waals surface area contributed by atoms with Crippen LogP contribution < -0.4 is 5.32 Å². The van der Waals surface area contributed by atoms with E-state index in [0.29, 0.717) is 16.8 Å². The number of carbonyl (C=O) groups excluding carboxylic acids is 1. The number of carbonyl (C=O) groups is 2. The van der Waals surface area contributed by atoms with Crippen molar-refractivity contribution >= 4 is 28.2 Å². The van der Waals surface area contributed by atoms with Crippen LogP contribution in [0.4, 0.5) is 5.00 Å². The average Bonchev–Trinajstić information content (AvgIpc) is 2.85. The fourth-order valence-corrected chi connectivity index (χ4v) is 5.11. The molecule has 4 aliphatic rings. The van der Waals surface area contributed by atoms with Crippen molar-refractivity contribution in [1.82, 2.24) is 0 Å². The average molecular weight is 307 g/mol. The van der Waals surface area contributed by atoms with Gasteiger partial charge >= 0.3 is 5.97 Å². The second-order valence-corrected chi connectivity index (χ2v) is 7.45. The van der Waals surface area contributed by atoms with E-state index in [-0.39, 0.29) is 17.6 Å². The first-order chi connectivity index (χ1) is 10.0. The van der Waals surface area contributed by atoms with Crippen LogP contribution in [0.5, 0.6) is 0 Å². The summed E-state index contributed by atoms with van der Waals surface area (Å²) in [5.74, 6) is 0.151. The lowest BCUT2D eigenvalue weighted by atomic mass is 9.62. The van der Waals surface area contributed by atoms with E-state index in [1.54, 1.807) is 5.38 Å². The summed E-state index contributed by atoms with van der Waals surface area (Å²) in [5.41, 5.74) is -0.469. The Hall–Kier alpha value is -1.40. The molecule has 21 heavy (non-hydrogen) atoms. The zero-order valence-corrected chi connectivity index (χ0v) is 12.3. The molecule has 1 amide bonds. The van der Waals surface area contributed by atoms with Crippen molar-refractivity contribution < 1.29 is 19.4 Å². The van der Waals surface area contributed by atoms with Crippen molar-refractivity contribution in [3.63, 3.8) is 0 Å². The van der Waals surface area contributed by atoms with Crippen LogP contribution >= 0.6 is 11.3 Å². The van der Waals surface area contributed by atoms with Gasteiger partial charge in [-0.1, -0.05) is 0 Å². The van der Waals surface area contributed by atoms with Gasteiger partial charge in [0.25, 0.3) is 5.91 Å². The first-order valence-corrected chi connectivity index (χ1v) is 8.23. The topological polar surface area (TPSA) is 75.6 Å². The third-order valence-corrected chi connectivity index (χ3v) is 5.83. The van der Waals surface area contributed by atoms with Crippen LogP contribution in [-0.2, 0) is 9.53 Å². The zero-order chi connectivity index (χ0) is 14.6. The maximum atomic E-state index is 12.7. The number of thiophene rings is 1. The highest BCUT2D eigenvalue weighted by Gasteiger charge is 2.56. The largest absolute Gasteiger partial charge is 0.478 e. The van der Waals surface area contributed by atoms with Gasteiger partial charge in [0.1, 0.15) is 5.60 Å². The molecule has 2 aliphatic carbocycles. The van der Waals surface area contributed by atoms with Crippen molar-refractivity contribution in [2.24, 2.45) is 11.8 Å². The molecule has 3 heterocycles. The minimum atomic E-state index is -0.974. The molecule has 2 aliphatic heterocycles. The van der Waals surface area contributed by atoms with Gasteiger partial charge in [0.15, 0.2) is 0 Å². The predicted molar refractivity (Wildman–Crippen MR) is 77.6 cm³/mol. The Bertz CT molecular complexity index is 573. The molecule has 4 fully saturated rings. The van der Waals surface area contributed by atoms with Crippen LogP contribution in [0.2, 0.25) is 0 Å². The van der Waals surface area contributed by atoms with E-state index in [1.807, 2.05) is 0 Å². The van der Waals surface area contributed by atoms with Crippen LogP contribution in [0.3, 0.4) is 0 Å². The van der Waals surface area contributed by atoms with Crippen LogP contribution in [0.1, 0.15) is 42.5 Å². The lowest BCUT2D eigenvalue weighted by Crippen LogP contribution is -2.60. The fraction of sp³-hybridized carbons (Fsp3) is 0.600. The van der Waals surface area contributed by atoms with Crippen molar-refractivity contribution in [2.75, 3.05) is 5.32 Å². The molecule has 5 rings (SSSR count). The van der Waals surface area contributed by atoms with Gasteiger partial charge in [0.05, 0.1) is 16.7 Å². The van der Waals surface area contributed by atoms with Crippen molar-refractivity contribution in [3.05, 3.63) is 17.0 Å². The number of hydrogen-bond acceptors (Lipinski definition) is 4. The Balaban J connectivity index is 1.53. The maximum Gasteiger partial charge on any atom is 0.336 e. The van der Waals surface area contributed by atoms with E-state index < -0.39 is 11.6 Å². The van der Waals surface area contributed by atoms with Gasteiger partial charge in [0.2, 0.25) is 0 Å². The lowest BCUT2D eigenvalue weighted by molar-refractivity contribution is -0.215. The minimum absolute atomic E-state index is 0.0969. The van der Waals surface area contributed by atoms with Crippen LogP contribution in [-0.4, -0.2) is 28.7 Å². The Morgan fingerprint density at radius 1 is 1.29 bits per heavy atom. The molecule has 5 nitrogen and oxygen atoms in total. The van der Waals surface area contributed by atoms with Gasteiger partial charge in [-0.05, 0) is 50.0 Å². The van der Waals surface area contributed by atoms with E-state index >= 15 is 0 Å². The van der Waals surface area contributed by atoms with Gasteiger partial charge in [0, 0.05) is 5.38 Å². The van der Waals surface area contributed by atoms with Gasteiger partial charge in [-0.15, -0.1) is 11.3 Å². The van der Waals surface area contributed by atoms with Gasteiger partial charge < -0.3 is 15.2 Å². The maximum absolute atomic E-state index is 12.7. The molecule has 112 valence electrons. The monoisotopic (exact) mass is 307 g/mol. The van der Waals surface area contributed by atoms with Gasteiger partial charge in [-0.25, -0.2) is 4.79 Å². The first-order valence-electron chi connectivity index (χ1n) is 7.35.